The molecule has 0 saturated carbocycles. The monoisotopic (exact) mass is 315 g/mol. The lowest BCUT2D eigenvalue weighted by molar-refractivity contribution is 0.575. The van der Waals surface area contributed by atoms with Gasteiger partial charge in [0.25, 0.3) is 0 Å². The van der Waals surface area contributed by atoms with Gasteiger partial charge in [0.1, 0.15) is 6.17 Å². The highest BCUT2D eigenvalue weighted by atomic mass is 35.5. The number of hydrogen-bond acceptors (Lipinski definition) is 2. The van der Waals surface area contributed by atoms with Gasteiger partial charge in [-0.1, -0.05) is 41.4 Å². The first-order valence-corrected chi connectivity index (χ1v) is 7.34. The maximum absolute atomic E-state index is 6.34. The van der Waals surface area contributed by atoms with E-state index < -0.39 is 0 Å². The number of aromatic nitrogens is 2. The predicted molar refractivity (Wildman–Crippen MR) is 85.9 cm³/mol. The highest BCUT2D eigenvalue weighted by Crippen LogP contribution is 2.40. The number of halogens is 2. The molecule has 0 unspecified atom stereocenters. The Balaban J connectivity index is 1.92. The summed E-state index contributed by atoms with van der Waals surface area (Å²) >= 11 is 12.5. The second-order valence-electron chi connectivity index (χ2n) is 4.92. The molecule has 0 amide bonds. The molecule has 0 spiro atoms. The van der Waals surface area contributed by atoms with Crippen molar-refractivity contribution in [2.75, 3.05) is 5.32 Å². The highest BCUT2D eigenvalue weighted by molar-refractivity contribution is 6.31. The molecule has 2 heterocycles. The van der Waals surface area contributed by atoms with Gasteiger partial charge in [-0.05, 0) is 30.3 Å². The van der Waals surface area contributed by atoms with E-state index in [0.717, 1.165) is 22.5 Å². The normalized spacial score (nSPS) is 16.0. The maximum Gasteiger partial charge on any atom is 0.148 e. The molecule has 0 radical (unpaired) electrons. The van der Waals surface area contributed by atoms with Crippen LogP contribution in [0.15, 0.2) is 54.7 Å². The molecule has 0 fully saturated rings. The van der Waals surface area contributed by atoms with Gasteiger partial charge in [-0.25, -0.2) is 4.68 Å². The van der Waals surface area contributed by atoms with Gasteiger partial charge in [0.2, 0.25) is 0 Å². The van der Waals surface area contributed by atoms with Crippen molar-refractivity contribution in [3.63, 3.8) is 0 Å². The molecule has 1 aliphatic rings. The van der Waals surface area contributed by atoms with Crippen molar-refractivity contribution >= 4 is 28.9 Å². The van der Waals surface area contributed by atoms with Gasteiger partial charge in [0.05, 0.1) is 5.69 Å². The van der Waals surface area contributed by atoms with Gasteiger partial charge in [-0.2, -0.15) is 5.10 Å². The first-order chi connectivity index (χ1) is 10.2. The molecule has 5 heteroatoms. The topological polar surface area (TPSA) is 29.9 Å². The summed E-state index contributed by atoms with van der Waals surface area (Å²) in [4.78, 5) is 0. The first-order valence-electron chi connectivity index (χ1n) is 6.58. The van der Waals surface area contributed by atoms with Gasteiger partial charge in [-0.15, -0.1) is 0 Å². The molecule has 1 aromatic heterocycles. The summed E-state index contributed by atoms with van der Waals surface area (Å²) in [6.45, 7) is 0. The fourth-order valence-corrected chi connectivity index (χ4v) is 3.12. The van der Waals surface area contributed by atoms with Crippen LogP contribution in [0.4, 0.5) is 5.69 Å². The summed E-state index contributed by atoms with van der Waals surface area (Å²) < 4.78 is 1.94. The van der Waals surface area contributed by atoms with E-state index in [4.69, 9.17) is 23.2 Å². The molecule has 0 aliphatic carbocycles. The molecule has 3 nitrogen and oxygen atoms in total. The van der Waals surface area contributed by atoms with Crippen LogP contribution in [0.25, 0.3) is 11.3 Å². The van der Waals surface area contributed by atoms with Crippen molar-refractivity contribution in [1.82, 2.24) is 9.78 Å². The average molecular weight is 316 g/mol. The molecule has 0 saturated heterocycles. The van der Waals surface area contributed by atoms with E-state index in [0.29, 0.717) is 10.0 Å². The summed E-state index contributed by atoms with van der Waals surface area (Å²) in [6.07, 6.45) is 1.65. The van der Waals surface area contributed by atoms with Crippen LogP contribution in [0.5, 0.6) is 0 Å². The third-order valence-electron chi connectivity index (χ3n) is 3.66. The van der Waals surface area contributed by atoms with E-state index in [1.807, 2.05) is 53.2 Å². The average Bonchev–Trinajstić information content (AvgIpc) is 2.96. The zero-order valence-corrected chi connectivity index (χ0v) is 12.4. The fraction of sp³-hybridized carbons (Fsp3) is 0.0625. The molecule has 1 atom stereocenters. The van der Waals surface area contributed by atoms with Crippen LogP contribution < -0.4 is 5.32 Å². The number of hydrogen-bond donors (Lipinski definition) is 1. The second kappa shape index (κ2) is 4.79. The van der Waals surface area contributed by atoms with Crippen LogP contribution in [0, 0.1) is 0 Å². The number of benzene rings is 2. The zero-order chi connectivity index (χ0) is 14.4. The van der Waals surface area contributed by atoms with Crippen molar-refractivity contribution in [1.29, 1.82) is 0 Å². The van der Waals surface area contributed by atoms with Crippen molar-refractivity contribution in [3.05, 3.63) is 70.3 Å². The molecule has 0 bridgehead atoms. The minimum Gasteiger partial charge on any atom is -0.359 e. The number of rotatable bonds is 1. The standard InChI is InChI=1S/C16H11Cl2N3/c17-10-5-6-12-14(9-10)20-16(21-15(12)7-8-19-21)11-3-1-2-4-13(11)18/h1-9,16,20H/t16-/m1/s1. The van der Waals surface area contributed by atoms with E-state index in [1.54, 1.807) is 6.20 Å². The van der Waals surface area contributed by atoms with Crippen molar-refractivity contribution in [2.24, 2.45) is 0 Å². The Kier molecular flexibility index (Phi) is 2.91. The summed E-state index contributed by atoms with van der Waals surface area (Å²) in [5.41, 5.74) is 4.10. The van der Waals surface area contributed by atoms with Crippen LogP contribution in [-0.2, 0) is 0 Å². The number of nitrogens with zero attached hydrogens (tertiary/aromatic N) is 2. The Bertz CT molecular complexity index is 826. The molecule has 1 N–H and O–H groups in total. The number of nitrogens with one attached hydrogen (secondary N) is 1. The molecular weight excluding hydrogens is 305 g/mol. The van der Waals surface area contributed by atoms with Crippen molar-refractivity contribution in [3.8, 4) is 11.3 Å². The Morgan fingerprint density at radius 3 is 2.76 bits per heavy atom. The number of anilines is 1. The Labute approximate surface area is 132 Å². The fourth-order valence-electron chi connectivity index (χ4n) is 2.71. The minimum absolute atomic E-state index is 0.144. The Morgan fingerprint density at radius 1 is 1.05 bits per heavy atom. The molecular formula is C16H11Cl2N3. The smallest absolute Gasteiger partial charge is 0.148 e. The Morgan fingerprint density at radius 2 is 1.90 bits per heavy atom. The van der Waals surface area contributed by atoms with Gasteiger partial charge in [-0.3, -0.25) is 0 Å². The van der Waals surface area contributed by atoms with E-state index >= 15 is 0 Å². The molecule has 4 rings (SSSR count). The van der Waals surface area contributed by atoms with Crippen LogP contribution in [0.3, 0.4) is 0 Å². The zero-order valence-electron chi connectivity index (χ0n) is 10.9. The lowest BCUT2D eigenvalue weighted by Crippen LogP contribution is -2.25. The molecule has 2 aromatic carbocycles. The van der Waals surface area contributed by atoms with Gasteiger partial charge < -0.3 is 5.32 Å². The lowest BCUT2D eigenvalue weighted by atomic mass is 10.0. The van der Waals surface area contributed by atoms with Crippen LogP contribution >= 0.6 is 23.2 Å². The first kappa shape index (κ1) is 12.7. The van der Waals surface area contributed by atoms with Crippen LogP contribution in [0.2, 0.25) is 10.0 Å². The van der Waals surface area contributed by atoms with E-state index in [9.17, 15) is 0 Å². The Hall–Kier alpha value is -1.97. The van der Waals surface area contributed by atoms with Crippen LogP contribution in [-0.4, -0.2) is 9.78 Å². The van der Waals surface area contributed by atoms with Gasteiger partial charge in [0, 0.05) is 33.1 Å². The third-order valence-corrected chi connectivity index (χ3v) is 4.24. The van der Waals surface area contributed by atoms with Crippen molar-refractivity contribution < 1.29 is 0 Å². The van der Waals surface area contributed by atoms with E-state index in [2.05, 4.69) is 10.4 Å². The van der Waals surface area contributed by atoms with E-state index in [1.165, 1.54) is 0 Å². The molecule has 21 heavy (non-hydrogen) atoms. The molecule has 1 aliphatic heterocycles. The third kappa shape index (κ3) is 2.01. The highest BCUT2D eigenvalue weighted by Gasteiger charge is 2.26. The predicted octanol–water partition coefficient (Wildman–Crippen LogP) is 4.83. The van der Waals surface area contributed by atoms with Crippen LogP contribution in [0.1, 0.15) is 11.7 Å². The maximum atomic E-state index is 6.34. The molecule has 3 aromatic rings. The summed E-state index contributed by atoms with van der Waals surface area (Å²) in [7, 11) is 0. The largest absolute Gasteiger partial charge is 0.359 e. The number of fused-ring (bicyclic) bond motifs is 3. The molecule has 104 valence electrons. The quantitative estimate of drug-likeness (QED) is 0.697. The lowest BCUT2D eigenvalue weighted by Gasteiger charge is -2.29. The van der Waals surface area contributed by atoms with Gasteiger partial charge in [0.15, 0.2) is 0 Å². The van der Waals surface area contributed by atoms with E-state index in [-0.39, 0.29) is 6.17 Å². The summed E-state index contributed by atoms with van der Waals surface area (Å²) in [6, 6.07) is 15.6. The summed E-state index contributed by atoms with van der Waals surface area (Å²) in [5, 5.41) is 9.32. The van der Waals surface area contributed by atoms with Gasteiger partial charge >= 0.3 is 0 Å². The summed E-state index contributed by atoms with van der Waals surface area (Å²) in [5.74, 6) is 0. The second-order valence-corrected chi connectivity index (χ2v) is 5.76. The minimum atomic E-state index is -0.144. The van der Waals surface area contributed by atoms with Crippen molar-refractivity contribution in [2.45, 2.75) is 6.17 Å². The SMILES string of the molecule is Clc1ccc2c(c1)N[C@@H](c1ccccc1Cl)n1nccc1-2.